The molecule has 13 heavy (non-hydrogen) atoms. The van der Waals surface area contributed by atoms with Crippen LogP contribution in [0.25, 0.3) is 0 Å². The van der Waals surface area contributed by atoms with Crippen molar-refractivity contribution >= 4 is 11.8 Å². The van der Waals surface area contributed by atoms with Crippen LogP contribution in [0.4, 0.5) is 0 Å². The maximum absolute atomic E-state index is 5.58. The van der Waals surface area contributed by atoms with Gasteiger partial charge < -0.3 is 5.73 Å². The largest absolute Gasteiger partial charge is 0.324 e. The average molecular weight is 200 g/mol. The highest BCUT2D eigenvalue weighted by Crippen LogP contribution is 2.23. The van der Waals surface area contributed by atoms with E-state index in [9.17, 15) is 0 Å². The van der Waals surface area contributed by atoms with Crippen molar-refractivity contribution in [1.29, 1.82) is 0 Å². The molecule has 0 amide bonds. The van der Waals surface area contributed by atoms with Gasteiger partial charge in [-0.1, -0.05) is 11.8 Å². The van der Waals surface area contributed by atoms with Gasteiger partial charge in [-0.2, -0.15) is 0 Å². The number of nitrogens with zero attached hydrogens (tertiary/aromatic N) is 3. The van der Waals surface area contributed by atoms with Gasteiger partial charge in [-0.15, -0.1) is 10.2 Å². The fourth-order valence-electron chi connectivity index (χ4n) is 1.24. The highest BCUT2D eigenvalue weighted by molar-refractivity contribution is 7.98. The Morgan fingerprint density at radius 2 is 2.00 bits per heavy atom. The zero-order valence-electron chi connectivity index (χ0n) is 8.53. The first-order valence-electron chi connectivity index (χ1n) is 4.19. The van der Waals surface area contributed by atoms with Crippen molar-refractivity contribution in [3.8, 4) is 0 Å². The Labute approximate surface area is 82.9 Å². The van der Waals surface area contributed by atoms with Crippen molar-refractivity contribution in [2.75, 3.05) is 6.26 Å². The van der Waals surface area contributed by atoms with Crippen LogP contribution >= 0.6 is 11.8 Å². The van der Waals surface area contributed by atoms with E-state index < -0.39 is 0 Å². The summed E-state index contributed by atoms with van der Waals surface area (Å²) in [6.07, 6.45) is 1.99. The molecule has 0 saturated heterocycles. The molecular weight excluding hydrogens is 184 g/mol. The molecule has 0 aromatic carbocycles. The first-order valence-corrected chi connectivity index (χ1v) is 5.42. The minimum Gasteiger partial charge on any atom is -0.324 e. The molecule has 0 saturated carbocycles. The third-order valence-corrected chi connectivity index (χ3v) is 2.37. The summed E-state index contributed by atoms with van der Waals surface area (Å²) in [6, 6.07) is 0. The van der Waals surface area contributed by atoms with E-state index in [0.717, 1.165) is 11.0 Å². The molecule has 74 valence electrons. The van der Waals surface area contributed by atoms with Crippen molar-refractivity contribution < 1.29 is 0 Å². The summed E-state index contributed by atoms with van der Waals surface area (Å²) < 4.78 is 2.08. The molecule has 5 heteroatoms. The molecule has 0 bridgehead atoms. The van der Waals surface area contributed by atoms with E-state index in [1.807, 2.05) is 6.26 Å². The van der Waals surface area contributed by atoms with Crippen LogP contribution in [-0.2, 0) is 12.1 Å². The zero-order valence-corrected chi connectivity index (χ0v) is 9.35. The van der Waals surface area contributed by atoms with Gasteiger partial charge in [-0.05, 0) is 27.0 Å². The Morgan fingerprint density at radius 3 is 2.38 bits per heavy atom. The van der Waals surface area contributed by atoms with E-state index in [2.05, 4.69) is 35.5 Å². The van der Waals surface area contributed by atoms with Gasteiger partial charge in [0.1, 0.15) is 5.82 Å². The lowest BCUT2D eigenvalue weighted by Gasteiger charge is -2.23. The second-order valence-corrected chi connectivity index (χ2v) is 4.59. The van der Waals surface area contributed by atoms with Crippen molar-refractivity contribution in [2.45, 2.75) is 38.0 Å². The Kier molecular flexibility index (Phi) is 2.98. The molecular formula is C8H16N4S. The normalized spacial score (nSPS) is 12.1. The van der Waals surface area contributed by atoms with Crippen LogP contribution in [0, 0.1) is 0 Å². The zero-order chi connectivity index (χ0) is 10.1. The van der Waals surface area contributed by atoms with Crippen LogP contribution in [-0.4, -0.2) is 21.0 Å². The van der Waals surface area contributed by atoms with Gasteiger partial charge in [0.05, 0.1) is 6.54 Å². The summed E-state index contributed by atoms with van der Waals surface area (Å²) in [5.41, 5.74) is 5.58. The van der Waals surface area contributed by atoms with Crippen LogP contribution in [0.2, 0.25) is 0 Å². The minimum atomic E-state index is -0.00343. The van der Waals surface area contributed by atoms with Gasteiger partial charge in [0.25, 0.3) is 0 Å². The van der Waals surface area contributed by atoms with Gasteiger partial charge in [-0.25, -0.2) is 0 Å². The van der Waals surface area contributed by atoms with Crippen molar-refractivity contribution in [2.24, 2.45) is 5.73 Å². The number of aromatic nitrogens is 3. The van der Waals surface area contributed by atoms with E-state index in [0.29, 0.717) is 6.54 Å². The van der Waals surface area contributed by atoms with E-state index in [1.165, 1.54) is 0 Å². The summed E-state index contributed by atoms with van der Waals surface area (Å²) in [4.78, 5) is 0. The Bertz CT molecular complexity index is 265. The SMILES string of the molecule is CSc1nnc(CN)n1C(C)(C)C. The van der Waals surface area contributed by atoms with Crippen molar-refractivity contribution in [3.63, 3.8) is 0 Å². The number of hydrogen-bond acceptors (Lipinski definition) is 4. The van der Waals surface area contributed by atoms with E-state index >= 15 is 0 Å². The number of rotatable bonds is 2. The summed E-state index contributed by atoms with van der Waals surface area (Å²) in [5.74, 6) is 0.844. The summed E-state index contributed by atoms with van der Waals surface area (Å²) in [7, 11) is 0. The highest BCUT2D eigenvalue weighted by atomic mass is 32.2. The topological polar surface area (TPSA) is 56.7 Å². The first kappa shape index (κ1) is 10.5. The van der Waals surface area contributed by atoms with Gasteiger partial charge in [-0.3, -0.25) is 4.57 Å². The van der Waals surface area contributed by atoms with E-state index in [4.69, 9.17) is 5.73 Å². The molecule has 0 unspecified atom stereocenters. The summed E-state index contributed by atoms with van der Waals surface area (Å²) in [6.45, 7) is 6.80. The van der Waals surface area contributed by atoms with E-state index in [1.54, 1.807) is 11.8 Å². The third-order valence-electron chi connectivity index (χ3n) is 1.74. The van der Waals surface area contributed by atoms with Crippen molar-refractivity contribution in [1.82, 2.24) is 14.8 Å². The number of nitrogens with two attached hydrogens (primary N) is 1. The standard InChI is InChI=1S/C8H16N4S/c1-8(2,3)12-6(5-9)10-11-7(12)13-4/h5,9H2,1-4H3. The number of hydrogen-bond donors (Lipinski definition) is 1. The van der Waals surface area contributed by atoms with Crippen LogP contribution in [0.1, 0.15) is 26.6 Å². The van der Waals surface area contributed by atoms with Gasteiger partial charge in [0.2, 0.25) is 0 Å². The number of thioether (sulfide) groups is 1. The maximum atomic E-state index is 5.58. The molecule has 0 aliphatic carbocycles. The Balaban J connectivity index is 3.20. The van der Waals surface area contributed by atoms with Gasteiger partial charge in [0, 0.05) is 5.54 Å². The molecule has 0 atom stereocenters. The van der Waals surface area contributed by atoms with E-state index in [-0.39, 0.29) is 5.54 Å². The van der Waals surface area contributed by atoms with Crippen molar-refractivity contribution in [3.05, 3.63) is 5.82 Å². The first-order chi connectivity index (χ1) is 6.00. The molecule has 1 aromatic heterocycles. The quantitative estimate of drug-likeness (QED) is 0.729. The lowest BCUT2D eigenvalue weighted by molar-refractivity contribution is 0.355. The van der Waals surface area contributed by atoms with Crippen LogP contribution in [0.15, 0.2) is 5.16 Å². The van der Waals surface area contributed by atoms with Gasteiger partial charge >= 0.3 is 0 Å². The second-order valence-electron chi connectivity index (χ2n) is 3.81. The minimum absolute atomic E-state index is 0.00343. The predicted molar refractivity (Wildman–Crippen MR) is 54.7 cm³/mol. The molecule has 4 nitrogen and oxygen atoms in total. The third kappa shape index (κ3) is 2.03. The molecule has 0 spiro atoms. The predicted octanol–water partition coefficient (Wildman–Crippen LogP) is 1.21. The lowest BCUT2D eigenvalue weighted by atomic mass is 10.1. The molecule has 0 aliphatic heterocycles. The fourth-order valence-corrected chi connectivity index (χ4v) is 1.92. The maximum Gasteiger partial charge on any atom is 0.191 e. The van der Waals surface area contributed by atoms with Crippen LogP contribution in [0.3, 0.4) is 0 Å². The molecule has 2 N–H and O–H groups in total. The molecule has 1 rings (SSSR count). The Morgan fingerprint density at radius 1 is 1.38 bits per heavy atom. The smallest absolute Gasteiger partial charge is 0.191 e. The Hall–Kier alpha value is -0.550. The monoisotopic (exact) mass is 200 g/mol. The lowest BCUT2D eigenvalue weighted by Crippen LogP contribution is -2.26. The summed E-state index contributed by atoms with van der Waals surface area (Å²) in [5, 5.41) is 9.03. The van der Waals surface area contributed by atoms with Gasteiger partial charge in [0.15, 0.2) is 5.16 Å². The van der Waals surface area contributed by atoms with Crippen LogP contribution < -0.4 is 5.73 Å². The summed E-state index contributed by atoms with van der Waals surface area (Å²) >= 11 is 1.59. The molecule has 1 aromatic rings. The fraction of sp³-hybridized carbons (Fsp3) is 0.750. The second kappa shape index (κ2) is 3.67. The molecule has 0 fully saturated rings. The highest BCUT2D eigenvalue weighted by Gasteiger charge is 2.21. The van der Waals surface area contributed by atoms with Crippen LogP contribution in [0.5, 0.6) is 0 Å². The molecule has 0 aliphatic rings. The molecule has 1 heterocycles. The average Bonchev–Trinajstić information content (AvgIpc) is 2.45. The molecule has 0 radical (unpaired) electrons.